The molecule has 7 heteroatoms. The molecule has 0 aliphatic rings. The van der Waals surface area contributed by atoms with E-state index in [-0.39, 0.29) is 17.9 Å². The summed E-state index contributed by atoms with van der Waals surface area (Å²) in [4.78, 5) is 11.7. The predicted molar refractivity (Wildman–Crippen MR) is 86.7 cm³/mol. The van der Waals surface area contributed by atoms with Gasteiger partial charge in [-0.3, -0.25) is 0 Å². The largest absolute Gasteiger partial charge is 0.444 e. The highest BCUT2D eigenvalue weighted by Gasteiger charge is 2.16. The number of hydrogen-bond acceptors (Lipinski definition) is 4. The lowest BCUT2D eigenvalue weighted by molar-refractivity contribution is 0.0532. The first-order valence-electron chi connectivity index (χ1n) is 7.05. The lowest BCUT2D eigenvalue weighted by Gasteiger charge is -2.20. The van der Waals surface area contributed by atoms with Crippen LogP contribution in [0.1, 0.15) is 26.3 Å². The number of hydrogen-bond donors (Lipinski definition) is 1. The first kappa shape index (κ1) is 19.2. The van der Waals surface area contributed by atoms with Crippen LogP contribution >= 0.6 is 0 Å². The van der Waals surface area contributed by atoms with E-state index in [2.05, 4.69) is 5.32 Å². The van der Waals surface area contributed by atoms with E-state index >= 15 is 0 Å². The number of benzene rings is 1. The molecule has 0 radical (unpaired) electrons. The van der Waals surface area contributed by atoms with Crippen molar-refractivity contribution in [3.63, 3.8) is 0 Å². The Kier molecular flexibility index (Phi) is 6.32. The number of carbonyl (C=O) groups is 1. The summed E-state index contributed by atoms with van der Waals surface area (Å²) < 4.78 is 41.1. The van der Waals surface area contributed by atoms with E-state index in [9.17, 15) is 17.6 Å². The number of ether oxygens (including phenoxy) is 1. The number of rotatable bonds is 5. The molecule has 0 aromatic heterocycles. The van der Waals surface area contributed by atoms with Gasteiger partial charge in [-0.15, -0.1) is 0 Å². The Morgan fingerprint density at radius 2 is 2.00 bits per heavy atom. The fraction of sp³-hybridized carbons (Fsp3) is 0.438. The van der Waals surface area contributed by atoms with Gasteiger partial charge in [0, 0.05) is 12.8 Å². The Bertz CT molecular complexity index is 690. The molecule has 1 amide bonds. The zero-order valence-electron chi connectivity index (χ0n) is 13.7. The van der Waals surface area contributed by atoms with Gasteiger partial charge < -0.3 is 10.1 Å². The maximum absolute atomic E-state index is 13.0. The number of alkyl carbamates (subject to hydrolysis) is 1. The second-order valence-electron chi connectivity index (χ2n) is 6.22. The third kappa shape index (κ3) is 7.27. The summed E-state index contributed by atoms with van der Waals surface area (Å²) in [5, 5.41) is 2.47. The van der Waals surface area contributed by atoms with Gasteiger partial charge in [0.25, 0.3) is 0 Å². The molecule has 1 aromatic carbocycles. The van der Waals surface area contributed by atoms with Gasteiger partial charge in [-0.2, -0.15) is 0 Å². The Labute approximate surface area is 136 Å². The van der Waals surface area contributed by atoms with Crippen molar-refractivity contribution in [3.05, 3.63) is 41.7 Å². The van der Waals surface area contributed by atoms with Crippen LogP contribution in [0.4, 0.5) is 9.18 Å². The molecule has 0 unspecified atom stereocenters. The molecule has 0 aliphatic heterocycles. The van der Waals surface area contributed by atoms with Crippen LogP contribution in [0.2, 0.25) is 0 Å². The van der Waals surface area contributed by atoms with Crippen molar-refractivity contribution in [1.29, 1.82) is 0 Å². The third-order valence-electron chi connectivity index (χ3n) is 2.77. The van der Waals surface area contributed by atoms with Crippen molar-refractivity contribution in [2.45, 2.75) is 37.7 Å². The molecule has 0 bridgehead atoms. The van der Waals surface area contributed by atoms with Crippen molar-refractivity contribution in [3.8, 4) is 0 Å². The van der Waals surface area contributed by atoms with Gasteiger partial charge in [-0.1, -0.05) is 12.1 Å². The van der Waals surface area contributed by atoms with Crippen molar-refractivity contribution < 1.29 is 22.3 Å². The van der Waals surface area contributed by atoms with Gasteiger partial charge in [0.2, 0.25) is 0 Å². The molecule has 0 atom stereocenters. The quantitative estimate of drug-likeness (QED) is 0.892. The first-order chi connectivity index (χ1) is 10.5. The van der Waals surface area contributed by atoms with Crippen LogP contribution in [0.3, 0.4) is 0 Å². The van der Waals surface area contributed by atoms with Crippen LogP contribution in [0.15, 0.2) is 41.1 Å². The summed E-state index contributed by atoms with van der Waals surface area (Å²) in [7, 11) is -3.32. The summed E-state index contributed by atoms with van der Waals surface area (Å²) >= 11 is 0. The highest BCUT2D eigenvalue weighted by atomic mass is 32.2. The maximum atomic E-state index is 13.0. The average Bonchev–Trinajstić information content (AvgIpc) is 2.41. The monoisotopic (exact) mass is 343 g/mol. The molecular formula is C16H22FNO4S. The second kappa shape index (κ2) is 7.59. The van der Waals surface area contributed by atoms with Crippen LogP contribution in [-0.4, -0.2) is 32.9 Å². The Hall–Kier alpha value is -1.89. The SMILES string of the molecule is CC(C)(C)OC(=O)NC/C(=C\F)Cc1cccc(S(C)(=O)=O)c1. The lowest BCUT2D eigenvalue weighted by Crippen LogP contribution is -2.33. The highest BCUT2D eigenvalue weighted by Crippen LogP contribution is 2.15. The second-order valence-corrected chi connectivity index (χ2v) is 8.23. The van der Waals surface area contributed by atoms with Crippen LogP contribution < -0.4 is 5.32 Å². The molecule has 23 heavy (non-hydrogen) atoms. The minimum atomic E-state index is -3.32. The van der Waals surface area contributed by atoms with E-state index in [1.165, 1.54) is 12.1 Å². The molecule has 1 N–H and O–H groups in total. The highest BCUT2D eigenvalue weighted by molar-refractivity contribution is 7.90. The standard InChI is InChI=1S/C16H22FNO4S/c1-16(2,3)22-15(19)18-11-13(10-17)8-12-6-5-7-14(9-12)23(4,20)21/h5-7,9-10H,8,11H2,1-4H3,(H,18,19)/b13-10-. The van der Waals surface area contributed by atoms with Crippen LogP contribution in [-0.2, 0) is 21.0 Å². The molecule has 0 spiro atoms. The summed E-state index contributed by atoms with van der Waals surface area (Å²) in [5.41, 5.74) is 0.317. The van der Waals surface area contributed by atoms with Gasteiger partial charge in [0.1, 0.15) is 5.60 Å². The number of amides is 1. The molecule has 1 aromatic rings. The van der Waals surface area contributed by atoms with Crippen LogP contribution in [0.25, 0.3) is 0 Å². The van der Waals surface area contributed by atoms with E-state index in [1.807, 2.05) is 0 Å². The molecule has 5 nitrogen and oxygen atoms in total. The van der Waals surface area contributed by atoms with Crippen molar-refractivity contribution in [2.24, 2.45) is 0 Å². The molecule has 128 valence electrons. The predicted octanol–water partition coefficient (Wildman–Crippen LogP) is 3.01. The number of nitrogens with one attached hydrogen (secondary N) is 1. The summed E-state index contributed by atoms with van der Waals surface area (Å²) in [6.45, 7) is 5.17. The summed E-state index contributed by atoms with van der Waals surface area (Å²) in [5.74, 6) is 0. The van der Waals surface area contributed by atoms with E-state index in [1.54, 1.807) is 32.9 Å². The van der Waals surface area contributed by atoms with Gasteiger partial charge in [-0.25, -0.2) is 17.6 Å². The van der Waals surface area contributed by atoms with Crippen molar-refractivity contribution in [1.82, 2.24) is 5.32 Å². The minimum absolute atomic E-state index is 0.0193. The van der Waals surface area contributed by atoms with Crippen molar-refractivity contribution >= 4 is 15.9 Å². The Balaban J connectivity index is 2.70. The molecule has 1 rings (SSSR count). The minimum Gasteiger partial charge on any atom is -0.444 e. The van der Waals surface area contributed by atoms with Crippen molar-refractivity contribution in [2.75, 3.05) is 12.8 Å². The third-order valence-corrected chi connectivity index (χ3v) is 3.88. The number of carbonyl (C=O) groups excluding carboxylic acids is 1. The summed E-state index contributed by atoms with van der Waals surface area (Å²) in [6, 6.07) is 6.28. The molecule has 0 aliphatic carbocycles. The molecule has 0 heterocycles. The van der Waals surface area contributed by atoms with Gasteiger partial charge in [0.05, 0.1) is 11.2 Å². The summed E-state index contributed by atoms with van der Waals surface area (Å²) in [6.07, 6.45) is 1.07. The normalized spacial score (nSPS) is 12.8. The maximum Gasteiger partial charge on any atom is 0.407 e. The lowest BCUT2D eigenvalue weighted by atomic mass is 10.1. The topological polar surface area (TPSA) is 72.5 Å². The van der Waals surface area contributed by atoms with E-state index in [0.29, 0.717) is 17.5 Å². The first-order valence-corrected chi connectivity index (χ1v) is 8.94. The fourth-order valence-electron chi connectivity index (χ4n) is 1.79. The van der Waals surface area contributed by atoms with Gasteiger partial charge >= 0.3 is 6.09 Å². The average molecular weight is 343 g/mol. The van der Waals surface area contributed by atoms with E-state index < -0.39 is 21.5 Å². The number of sulfone groups is 1. The number of halogens is 1. The fourth-order valence-corrected chi connectivity index (χ4v) is 2.48. The van der Waals surface area contributed by atoms with Crippen LogP contribution in [0, 0.1) is 0 Å². The van der Waals surface area contributed by atoms with Gasteiger partial charge in [-0.05, 0) is 50.5 Å². The van der Waals surface area contributed by atoms with Gasteiger partial charge in [0.15, 0.2) is 9.84 Å². The molecule has 0 fully saturated rings. The molecule has 0 saturated heterocycles. The Morgan fingerprint density at radius 3 is 2.52 bits per heavy atom. The Morgan fingerprint density at radius 1 is 1.35 bits per heavy atom. The zero-order valence-corrected chi connectivity index (χ0v) is 14.5. The van der Waals surface area contributed by atoms with E-state index in [4.69, 9.17) is 4.74 Å². The van der Waals surface area contributed by atoms with Crippen LogP contribution in [0.5, 0.6) is 0 Å². The molecule has 0 saturated carbocycles. The zero-order chi connectivity index (χ0) is 17.7. The van der Waals surface area contributed by atoms with E-state index in [0.717, 1.165) is 6.26 Å². The molecular weight excluding hydrogens is 321 g/mol. The smallest absolute Gasteiger partial charge is 0.407 e.